The fraction of sp³-hybridized carbons (Fsp3) is 0.500. The van der Waals surface area contributed by atoms with Crippen molar-refractivity contribution in [3.63, 3.8) is 0 Å². The first-order chi connectivity index (χ1) is 9.93. The molecule has 1 aliphatic rings. The van der Waals surface area contributed by atoms with Crippen LogP contribution in [0.1, 0.15) is 36.5 Å². The first kappa shape index (κ1) is 15.2. The maximum atomic E-state index is 14.2. The lowest BCUT2D eigenvalue weighted by atomic mass is 10.1. The number of carbonyl (C=O) groups is 1. The molecule has 0 bridgehead atoms. The van der Waals surface area contributed by atoms with E-state index >= 15 is 0 Å². The Balaban J connectivity index is 2.43. The third-order valence-electron chi connectivity index (χ3n) is 3.50. The van der Waals surface area contributed by atoms with Gasteiger partial charge in [0.2, 0.25) is 0 Å². The molecular weight excluding hydrogens is 279 g/mol. The van der Waals surface area contributed by atoms with Crippen molar-refractivity contribution in [2.45, 2.75) is 26.2 Å². The van der Waals surface area contributed by atoms with Crippen LogP contribution in [0.25, 0.3) is 0 Å². The van der Waals surface area contributed by atoms with Gasteiger partial charge in [-0.1, -0.05) is 6.92 Å². The summed E-state index contributed by atoms with van der Waals surface area (Å²) in [5, 5.41) is 19.9. The third kappa shape index (κ3) is 3.48. The van der Waals surface area contributed by atoms with Crippen LogP contribution >= 0.6 is 0 Å². The number of benzene rings is 1. The Hall–Kier alpha value is -2.18. The van der Waals surface area contributed by atoms with E-state index in [1.807, 2.05) is 6.92 Å². The lowest BCUT2D eigenvalue weighted by Gasteiger charge is -2.25. The molecule has 0 aromatic heterocycles. The second-order valence-electron chi connectivity index (χ2n) is 5.27. The quantitative estimate of drug-likeness (QED) is 0.617. The molecule has 0 aliphatic heterocycles. The second kappa shape index (κ2) is 6.07. The van der Waals surface area contributed by atoms with Gasteiger partial charge in [-0.05, 0) is 31.2 Å². The average molecular weight is 296 g/mol. The predicted molar refractivity (Wildman–Crippen MR) is 75.2 cm³/mol. The second-order valence-corrected chi connectivity index (χ2v) is 5.27. The van der Waals surface area contributed by atoms with Crippen molar-refractivity contribution >= 4 is 17.3 Å². The minimum Gasteiger partial charge on any atom is -0.477 e. The van der Waals surface area contributed by atoms with E-state index in [-0.39, 0.29) is 5.69 Å². The highest BCUT2D eigenvalue weighted by atomic mass is 19.1. The molecule has 1 aliphatic carbocycles. The van der Waals surface area contributed by atoms with Gasteiger partial charge in [-0.25, -0.2) is 9.18 Å². The van der Waals surface area contributed by atoms with Crippen LogP contribution in [0.15, 0.2) is 12.1 Å². The maximum Gasteiger partial charge on any atom is 0.342 e. The lowest BCUT2D eigenvalue weighted by Crippen LogP contribution is -2.28. The first-order valence-electron chi connectivity index (χ1n) is 6.90. The molecule has 1 aromatic carbocycles. The van der Waals surface area contributed by atoms with Crippen LogP contribution in [0.2, 0.25) is 0 Å². The summed E-state index contributed by atoms with van der Waals surface area (Å²) >= 11 is 0. The lowest BCUT2D eigenvalue weighted by molar-refractivity contribution is -0.385. The zero-order valence-corrected chi connectivity index (χ0v) is 11.7. The minimum absolute atomic E-state index is 0.131. The number of anilines is 1. The van der Waals surface area contributed by atoms with Gasteiger partial charge in [0, 0.05) is 13.1 Å². The topological polar surface area (TPSA) is 83.7 Å². The SMILES string of the molecule is CCCN(CC1CC1)c1cc(C(=O)O)c([N+](=O)[O-])cc1F. The molecule has 114 valence electrons. The summed E-state index contributed by atoms with van der Waals surface area (Å²) in [7, 11) is 0. The van der Waals surface area contributed by atoms with Gasteiger partial charge in [0.1, 0.15) is 5.56 Å². The standard InChI is InChI=1S/C14H17FN2O4/c1-2-5-16(8-9-3-4-9)13-6-10(14(18)19)12(17(20)21)7-11(13)15/h6-7,9H,2-5,8H2,1H3,(H,18,19). The van der Waals surface area contributed by atoms with Crippen molar-refractivity contribution < 1.29 is 19.2 Å². The summed E-state index contributed by atoms with van der Waals surface area (Å²) in [4.78, 5) is 22.9. The maximum absolute atomic E-state index is 14.2. The molecule has 0 atom stereocenters. The van der Waals surface area contributed by atoms with E-state index in [4.69, 9.17) is 5.11 Å². The molecule has 21 heavy (non-hydrogen) atoms. The van der Waals surface area contributed by atoms with Crippen molar-refractivity contribution in [2.24, 2.45) is 5.92 Å². The molecule has 0 unspecified atom stereocenters. The van der Waals surface area contributed by atoms with E-state index in [2.05, 4.69) is 0 Å². The number of carboxylic acid groups (broad SMARTS) is 1. The predicted octanol–water partition coefficient (Wildman–Crippen LogP) is 3.06. The highest BCUT2D eigenvalue weighted by molar-refractivity contribution is 5.93. The van der Waals surface area contributed by atoms with Crippen molar-refractivity contribution in [3.8, 4) is 0 Å². The van der Waals surface area contributed by atoms with Crippen LogP contribution in [-0.2, 0) is 0 Å². The number of aromatic carboxylic acids is 1. The van der Waals surface area contributed by atoms with Crippen molar-refractivity contribution in [2.75, 3.05) is 18.0 Å². The Kier molecular flexibility index (Phi) is 4.40. The Morgan fingerprint density at radius 1 is 1.52 bits per heavy atom. The molecule has 1 N–H and O–H groups in total. The smallest absolute Gasteiger partial charge is 0.342 e. The summed E-state index contributed by atoms with van der Waals surface area (Å²) in [6, 6.07) is 1.78. The van der Waals surface area contributed by atoms with Gasteiger partial charge >= 0.3 is 5.97 Å². The zero-order valence-electron chi connectivity index (χ0n) is 11.7. The Morgan fingerprint density at radius 3 is 2.67 bits per heavy atom. The average Bonchev–Trinajstić information content (AvgIpc) is 3.21. The summed E-state index contributed by atoms with van der Waals surface area (Å²) in [6.45, 7) is 3.19. The monoisotopic (exact) mass is 296 g/mol. The van der Waals surface area contributed by atoms with Crippen molar-refractivity contribution in [1.29, 1.82) is 0 Å². The minimum atomic E-state index is -1.43. The first-order valence-corrected chi connectivity index (χ1v) is 6.90. The number of rotatable bonds is 7. The van der Waals surface area contributed by atoms with Gasteiger partial charge in [0.25, 0.3) is 5.69 Å². The Labute approximate surface area is 121 Å². The molecule has 0 radical (unpaired) electrons. The van der Waals surface area contributed by atoms with Gasteiger partial charge in [0.15, 0.2) is 5.82 Å². The van der Waals surface area contributed by atoms with E-state index < -0.39 is 28.0 Å². The zero-order chi connectivity index (χ0) is 15.6. The number of carboxylic acids is 1. The van der Waals surface area contributed by atoms with Crippen LogP contribution in [0, 0.1) is 21.8 Å². The number of nitrogens with zero attached hydrogens (tertiary/aromatic N) is 2. The number of nitro groups is 1. The third-order valence-corrected chi connectivity index (χ3v) is 3.50. The highest BCUT2D eigenvalue weighted by Crippen LogP contribution is 2.34. The van der Waals surface area contributed by atoms with E-state index in [0.717, 1.165) is 25.3 Å². The number of halogens is 1. The van der Waals surface area contributed by atoms with Crippen LogP contribution < -0.4 is 4.90 Å². The largest absolute Gasteiger partial charge is 0.477 e. The van der Waals surface area contributed by atoms with Gasteiger partial charge in [-0.2, -0.15) is 0 Å². The van der Waals surface area contributed by atoms with E-state index in [1.54, 1.807) is 4.90 Å². The van der Waals surface area contributed by atoms with Gasteiger partial charge in [-0.15, -0.1) is 0 Å². The molecular formula is C14H17FN2O4. The normalized spacial score (nSPS) is 14.0. The molecule has 0 spiro atoms. The number of nitro benzene ring substituents is 1. The molecule has 6 nitrogen and oxygen atoms in total. The van der Waals surface area contributed by atoms with Crippen LogP contribution in [0.5, 0.6) is 0 Å². The molecule has 0 amide bonds. The molecule has 0 heterocycles. The van der Waals surface area contributed by atoms with E-state index in [0.29, 0.717) is 25.1 Å². The molecule has 2 rings (SSSR count). The van der Waals surface area contributed by atoms with Crippen molar-refractivity contribution in [1.82, 2.24) is 0 Å². The van der Waals surface area contributed by atoms with Crippen LogP contribution in [-0.4, -0.2) is 29.1 Å². The fourth-order valence-corrected chi connectivity index (χ4v) is 2.31. The van der Waals surface area contributed by atoms with Crippen LogP contribution in [0.4, 0.5) is 15.8 Å². The van der Waals surface area contributed by atoms with E-state index in [9.17, 15) is 19.3 Å². The van der Waals surface area contributed by atoms with Gasteiger partial charge < -0.3 is 10.0 Å². The summed E-state index contributed by atoms with van der Waals surface area (Å²) in [5.41, 5.74) is -1.06. The van der Waals surface area contributed by atoms with Crippen molar-refractivity contribution in [3.05, 3.63) is 33.6 Å². The number of hydrogen-bond donors (Lipinski definition) is 1. The Bertz CT molecular complexity index is 572. The molecule has 0 saturated heterocycles. The van der Waals surface area contributed by atoms with E-state index in [1.165, 1.54) is 0 Å². The Morgan fingerprint density at radius 2 is 2.19 bits per heavy atom. The van der Waals surface area contributed by atoms with Gasteiger partial charge in [0.05, 0.1) is 16.7 Å². The molecule has 7 heteroatoms. The summed E-state index contributed by atoms with van der Waals surface area (Å²) < 4.78 is 14.2. The number of hydrogen-bond acceptors (Lipinski definition) is 4. The molecule has 1 aromatic rings. The molecule has 1 saturated carbocycles. The fourth-order valence-electron chi connectivity index (χ4n) is 2.31. The van der Waals surface area contributed by atoms with Gasteiger partial charge in [-0.3, -0.25) is 10.1 Å². The molecule has 1 fully saturated rings. The summed E-state index contributed by atoms with van der Waals surface area (Å²) in [6.07, 6.45) is 2.95. The van der Waals surface area contributed by atoms with Crippen LogP contribution in [0.3, 0.4) is 0 Å². The summed E-state index contributed by atoms with van der Waals surface area (Å²) in [5.74, 6) is -1.67. The highest BCUT2D eigenvalue weighted by Gasteiger charge is 2.28.